The van der Waals surface area contributed by atoms with Crippen LogP contribution in [0.4, 0.5) is 0 Å². The summed E-state index contributed by atoms with van der Waals surface area (Å²) in [5, 5.41) is 11.1. The molecule has 0 radical (unpaired) electrons. The number of ether oxygens (including phenoxy) is 2. The minimum atomic E-state index is -0.760. The summed E-state index contributed by atoms with van der Waals surface area (Å²) in [7, 11) is 0. The number of esters is 1. The zero-order valence-corrected chi connectivity index (χ0v) is 21.1. The van der Waals surface area contributed by atoms with Gasteiger partial charge in [-0.05, 0) is 37.1 Å². The topological polar surface area (TPSA) is 105 Å². The maximum absolute atomic E-state index is 12.9. The molecule has 0 spiro atoms. The first-order chi connectivity index (χ1) is 17.4. The minimum absolute atomic E-state index is 0.130. The molecule has 9 heteroatoms. The molecule has 0 fully saturated rings. The van der Waals surface area contributed by atoms with E-state index < -0.39 is 12.1 Å². The van der Waals surface area contributed by atoms with Gasteiger partial charge in [0, 0.05) is 13.1 Å². The molecule has 188 valence electrons. The normalized spacial score (nSPS) is 12.1. The van der Waals surface area contributed by atoms with Crippen LogP contribution in [0.3, 0.4) is 0 Å². The molecule has 4 rings (SSSR count). The maximum Gasteiger partial charge on any atom is 0.348 e. The van der Waals surface area contributed by atoms with E-state index in [-0.39, 0.29) is 18.8 Å². The molecule has 8 nitrogen and oxygen atoms in total. The van der Waals surface area contributed by atoms with Gasteiger partial charge in [0.2, 0.25) is 0 Å². The summed E-state index contributed by atoms with van der Waals surface area (Å²) in [6.07, 6.45) is -0.760. The lowest BCUT2D eigenvalue weighted by molar-refractivity contribution is 0.0531. The van der Waals surface area contributed by atoms with Crippen LogP contribution in [0.2, 0.25) is 0 Å². The number of aliphatic hydroxyl groups excluding tert-OH is 1. The number of aliphatic hydroxyl groups is 1. The molecule has 0 bridgehead atoms. The fraction of sp³-hybridized carbons (Fsp3) is 0.296. The highest BCUT2D eigenvalue weighted by atomic mass is 32.1. The van der Waals surface area contributed by atoms with Gasteiger partial charge in [0.25, 0.3) is 5.56 Å². The zero-order valence-electron chi connectivity index (χ0n) is 20.3. The van der Waals surface area contributed by atoms with Crippen molar-refractivity contribution in [2.45, 2.75) is 33.0 Å². The molecule has 2 aromatic heterocycles. The lowest BCUT2D eigenvalue weighted by atomic mass is 10.2. The van der Waals surface area contributed by atoms with E-state index in [4.69, 9.17) is 9.47 Å². The SMILES string of the molecule is CCOC(=O)c1sc2nc(CN(Cc3ccccc3)C[C@@H](O)COc3ccccc3)[nH]c(=O)c2c1C. The number of hydrogen-bond donors (Lipinski definition) is 2. The number of nitrogens with one attached hydrogen (secondary N) is 1. The van der Waals surface area contributed by atoms with Gasteiger partial charge in [-0.15, -0.1) is 11.3 Å². The Morgan fingerprint density at radius 2 is 1.81 bits per heavy atom. The number of aromatic nitrogens is 2. The van der Waals surface area contributed by atoms with Crippen LogP contribution in [0.5, 0.6) is 5.75 Å². The van der Waals surface area contributed by atoms with Gasteiger partial charge in [-0.3, -0.25) is 9.69 Å². The van der Waals surface area contributed by atoms with E-state index in [1.807, 2.05) is 65.6 Å². The first-order valence-corrected chi connectivity index (χ1v) is 12.6. The molecule has 4 aromatic rings. The Morgan fingerprint density at radius 1 is 1.11 bits per heavy atom. The lowest BCUT2D eigenvalue weighted by Gasteiger charge is -2.25. The average molecular weight is 508 g/mol. The highest BCUT2D eigenvalue weighted by Crippen LogP contribution is 2.27. The van der Waals surface area contributed by atoms with Crippen molar-refractivity contribution in [2.75, 3.05) is 19.8 Å². The van der Waals surface area contributed by atoms with Crippen molar-refractivity contribution in [1.82, 2.24) is 14.9 Å². The Morgan fingerprint density at radius 3 is 2.50 bits per heavy atom. The Hall–Kier alpha value is -3.53. The second-order valence-electron chi connectivity index (χ2n) is 8.40. The number of benzene rings is 2. The summed E-state index contributed by atoms with van der Waals surface area (Å²) in [4.78, 5) is 35.6. The van der Waals surface area contributed by atoms with Gasteiger partial charge in [-0.1, -0.05) is 48.5 Å². The largest absolute Gasteiger partial charge is 0.491 e. The molecule has 1 atom stereocenters. The third kappa shape index (κ3) is 6.37. The van der Waals surface area contributed by atoms with Crippen molar-refractivity contribution in [2.24, 2.45) is 0 Å². The van der Waals surface area contributed by atoms with Crippen LogP contribution in [-0.2, 0) is 17.8 Å². The van der Waals surface area contributed by atoms with Gasteiger partial charge in [0.05, 0.1) is 18.5 Å². The molecule has 0 aliphatic heterocycles. The number of H-pyrrole nitrogens is 1. The van der Waals surface area contributed by atoms with Crippen LogP contribution in [0, 0.1) is 6.92 Å². The van der Waals surface area contributed by atoms with E-state index in [9.17, 15) is 14.7 Å². The van der Waals surface area contributed by atoms with Crippen LogP contribution in [0.1, 0.15) is 33.5 Å². The molecular formula is C27H29N3O5S. The summed E-state index contributed by atoms with van der Waals surface area (Å²) < 4.78 is 10.8. The van der Waals surface area contributed by atoms with E-state index in [1.165, 1.54) is 0 Å². The van der Waals surface area contributed by atoms with E-state index in [0.29, 0.717) is 51.9 Å². The van der Waals surface area contributed by atoms with Crippen molar-refractivity contribution in [3.8, 4) is 5.75 Å². The monoisotopic (exact) mass is 507 g/mol. The van der Waals surface area contributed by atoms with Crippen molar-refractivity contribution >= 4 is 27.5 Å². The van der Waals surface area contributed by atoms with Crippen molar-refractivity contribution in [3.63, 3.8) is 0 Å². The number of para-hydroxylation sites is 1. The van der Waals surface area contributed by atoms with Gasteiger partial charge in [-0.2, -0.15) is 0 Å². The van der Waals surface area contributed by atoms with Gasteiger partial charge in [0.15, 0.2) is 0 Å². The second kappa shape index (κ2) is 11.9. The van der Waals surface area contributed by atoms with Gasteiger partial charge in [0.1, 0.15) is 34.0 Å². The van der Waals surface area contributed by atoms with Crippen LogP contribution in [-0.4, -0.2) is 51.8 Å². The number of fused-ring (bicyclic) bond motifs is 1. The average Bonchev–Trinajstić information content (AvgIpc) is 3.21. The summed E-state index contributed by atoms with van der Waals surface area (Å²) in [5.74, 6) is 0.690. The van der Waals surface area contributed by atoms with E-state index in [2.05, 4.69) is 9.97 Å². The molecule has 0 saturated carbocycles. The third-order valence-electron chi connectivity index (χ3n) is 5.59. The van der Waals surface area contributed by atoms with Crippen molar-refractivity contribution in [3.05, 3.63) is 92.8 Å². The highest BCUT2D eigenvalue weighted by Gasteiger charge is 2.21. The molecule has 36 heavy (non-hydrogen) atoms. The van der Waals surface area contributed by atoms with Gasteiger partial charge >= 0.3 is 5.97 Å². The standard InChI is InChI=1S/C27H29N3O5S/c1-3-34-27(33)24-18(2)23-25(32)28-22(29-26(23)36-24)16-30(14-19-10-6-4-7-11-19)15-20(31)17-35-21-12-8-5-9-13-21/h4-13,20,31H,3,14-17H2,1-2H3,(H,28,29,32)/t20-/m1/s1. The minimum Gasteiger partial charge on any atom is -0.491 e. The number of carbonyl (C=O) groups is 1. The van der Waals surface area contributed by atoms with Crippen molar-refractivity contribution in [1.29, 1.82) is 0 Å². The van der Waals surface area contributed by atoms with Crippen LogP contribution in [0.15, 0.2) is 65.5 Å². The number of aromatic amines is 1. The van der Waals surface area contributed by atoms with Crippen LogP contribution in [0.25, 0.3) is 10.2 Å². The molecule has 0 saturated heterocycles. The number of aryl methyl sites for hydroxylation is 1. The Bertz CT molecular complexity index is 1350. The quantitative estimate of drug-likeness (QED) is 0.297. The van der Waals surface area contributed by atoms with E-state index in [0.717, 1.165) is 16.9 Å². The molecule has 0 aliphatic rings. The Kier molecular flexibility index (Phi) is 8.48. The fourth-order valence-electron chi connectivity index (χ4n) is 3.95. The molecule has 0 unspecified atom stereocenters. The highest BCUT2D eigenvalue weighted by molar-refractivity contribution is 7.20. The number of thiophene rings is 1. The van der Waals surface area contributed by atoms with Crippen LogP contribution >= 0.6 is 11.3 Å². The number of rotatable bonds is 11. The molecule has 2 N–H and O–H groups in total. The number of carbonyl (C=O) groups excluding carboxylic acids is 1. The number of nitrogens with zero attached hydrogens (tertiary/aromatic N) is 2. The van der Waals surface area contributed by atoms with E-state index >= 15 is 0 Å². The van der Waals surface area contributed by atoms with Crippen molar-refractivity contribution < 1.29 is 19.4 Å². The predicted octanol–water partition coefficient (Wildman–Crippen LogP) is 3.91. The second-order valence-corrected chi connectivity index (χ2v) is 9.40. The maximum atomic E-state index is 12.9. The van der Waals surface area contributed by atoms with Gasteiger partial charge in [-0.25, -0.2) is 9.78 Å². The zero-order chi connectivity index (χ0) is 25.5. The Labute approximate surface area is 213 Å². The summed E-state index contributed by atoms with van der Waals surface area (Å²) >= 11 is 1.16. The lowest BCUT2D eigenvalue weighted by Crippen LogP contribution is -2.35. The number of hydrogen-bond acceptors (Lipinski definition) is 8. The van der Waals surface area contributed by atoms with Crippen LogP contribution < -0.4 is 10.3 Å². The summed E-state index contributed by atoms with van der Waals surface area (Å²) in [5.41, 5.74) is 1.34. The van der Waals surface area contributed by atoms with Gasteiger partial charge < -0.3 is 19.6 Å². The van der Waals surface area contributed by atoms with E-state index in [1.54, 1.807) is 13.8 Å². The summed E-state index contributed by atoms with van der Waals surface area (Å²) in [6.45, 7) is 5.01. The molecule has 2 heterocycles. The first kappa shape index (κ1) is 25.6. The smallest absolute Gasteiger partial charge is 0.348 e. The predicted molar refractivity (Wildman–Crippen MR) is 139 cm³/mol. The Balaban J connectivity index is 1.54. The molecule has 2 aromatic carbocycles. The molecule has 0 amide bonds. The first-order valence-electron chi connectivity index (χ1n) is 11.8. The summed E-state index contributed by atoms with van der Waals surface area (Å²) in [6, 6.07) is 19.2. The molecule has 0 aliphatic carbocycles. The molecular weight excluding hydrogens is 478 g/mol. The fourth-order valence-corrected chi connectivity index (χ4v) is 5.05. The third-order valence-corrected chi connectivity index (χ3v) is 6.75.